The Balaban J connectivity index is 1.77. The zero-order valence-corrected chi connectivity index (χ0v) is 18.6. The van der Waals surface area contributed by atoms with Crippen molar-refractivity contribution < 1.29 is 8.42 Å². The molecular weight excluding hydrogens is 458 g/mol. The Morgan fingerprint density at radius 1 is 0.733 bits per heavy atom. The minimum absolute atomic E-state index is 0.322. The number of hydrogen-bond acceptors (Lipinski definition) is 2. The first-order valence-corrected chi connectivity index (χ1v) is 12.2. The third-order valence-corrected chi connectivity index (χ3v) is 7.20. The van der Waals surface area contributed by atoms with Gasteiger partial charge >= 0.3 is 0 Å². The van der Waals surface area contributed by atoms with Gasteiger partial charge in [0.1, 0.15) is 0 Å². The summed E-state index contributed by atoms with van der Waals surface area (Å²) in [6.07, 6.45) is 1.23. The highest BCUT2D eigenvalue weighted by atomic mass is 79.9. The van der Waals surface area contributed by atoms with Gasteiger partial charge in [-0.2, -0.15) is 0 Å². The molecule has 0 amide bonds. The minimum Gasteiger partial charge on any atom is -0.309 e. The van der Waals surface area contributed by atoms with Gasteiger partial charge in [0.15, 0.2) is 9.84 Å². The molecule has 5 aromatic rings. The fourth-order valence-electron chi connectivity index (χ4n) is 3.96. The molecule has 5 rings (SSSR count). The second-order valence-electron chi connectivity index (χ2n) is 7.33. The van der Waals surface area contributed by atoms with Gasteiger partial charge < -0.3 is 4.57 Å². The van der Waals surface area contributed by atoms with Crippen LogP contribution in [0.2, 0.25) is 0 Å². The van der Waals surface area contributed by atoms with Crippen molar-refractivity contribution in [2.75, 3.05) is 6.26 Å². The molecule has 0 saturated heterocycles. The lowest BCUT2D eigenvalue weighted by atomic mass is 10.0. The number of nitrogens with zero attached hydrogens (tertiary/aromatic N) is 1. The highest BCUT2D eigenvalue weighted by Crippen LogP contribution is 2.36. The highest BCUT2D eigenvalue weighted by molar-refractivity contribution is 9.10. The second kappa shape index (κ2) is 7.11. The molecule has 30 heavy (non-hydrogen) atoms. The molecule has 0 N–H and O–H groups in total. The summed E-state index contributed by atoms with van der Waals surface area (Å²) in [5.41, 5.74) is 5.39. The van der Waals surface area contributed by atoms with Crippen LogP contribution in [0.25, 0.3) is 38.6 Å². The Morgan fingerprint density at radius 2 is 1.40 bits per heavy atom. The number of aromatic nitrogens is 1. The molecule has 3 nitrogen and oxygen atoms in total. The van der Waals surface area contributed by atoms with Crippen molar-refractivity contribution in [1.82, 2.24) is 4.57 Å². The van der Waals surface area contributed by atoms with Gasteiger partial charge in [0.25, 0.3) is 0 Å². The van der Waals surface area contributed by atoms with Gasteiger partial charge in [-0.05, 0) is 59.7 Å². The van der Waals surface area contributed by atoms with Crippen LogP contribution in [0.4, 0.5) is 0 Å². The first kappa shape index (κ1) is 19.1. The number of fused-ring (bicyclic) bond motifs is 3. The third kappa shape index (κ3) is 3.15. The van der Waals surface area contributed by atoms with Gasteiger partial charge in [0.2, 0.25) is 0 Å². The summed E-state index contributed by atoms with van der Waals surface area (Å²) < 4.78 is 26.9. The zero-order valence-electron chi connectivity index (χ0n) is 16.2. The van der Waals surface area contributed by atoms with Crippen molar-refractivity contribution in [3.05, 3.63) is 95.5 Å². The van der Waals surface area contributed by atoms with E-state index in [4.69, 9.17) is 0 Å². The number of sulfone groups is 1. The highest BCUT2D eigenvalue weighted by Gasteiger charge is 2.14. The lowest BCUT2D eigenvalue weighted by Gasteiger charge is -2.09. The second-order valence-corrected chi connectivity index (χ2v) is 10.2. The molecule has 0 aliphatic heterocycles. The Kier molecular flexibility index (Phi) is 4.53. The van der Waals surface area contributed by atoms with E-state index in [2.05, 4.69) is 56.9 Å². The number of hydrogen-bond donors (Lipinski definition) is 0. The first-order chi connectivity index (χ1) is 14.4. The maximum absolute atomic E-state index is 11.8. The molecule has 0 aliphatic carbocycles. The fraction of sp³-hybridized carbons (Fsp3) is 0.0400. The summed E-state index contributed by atoms with van der Waals surface area (Å²) in [4.78, 5) is 0.322. The molecule has 0 fully saturated rings. The van der Waals surface area contributed by atoms with Crippen LogP contribution in [0.3, 0.4) is 0 Å². The van der Waals surface area contributed by atoms with Gasteiger partial charge in [-0.1, -0.05) is 58.4 Å². The molecule has 0 aliphatic rings. The average Bonchev–Trinajstić information content (AvgIpc) is 3.07. The SMILES string of the molecule is CS(=O)(=O)c1ccc(-n2c3ccccc3c3cc(-c4ccccc4Br)ccc32)cc1. The van der Waals surface area contributed by atoms with Gasteiger partial charge in [0.05, 0.1) is 15.9 Å². The van der Waals surface area contributed by atoms with Crippen LogP contribution >= 0.6 is 15.9 Å². The van der Waals surface area contributed by atoms with E-state index in [1.165, 1.54) is 6.26 Å². The Labute approximate surface area is 183 Å². The van der Waals surface area contributed by atoms with Crippen molar-refractivity contribution in [3.63, 3.8) is 0 Å². The van der Waals surface area contributed by atoms with E-state index in [0.717, 1.165) is 43.1 Å². The van der Waals surface area contributed by atoms with Crippen LogP contribution in [0, 0.1) is 0 Å². The summed E-state index contributed by atoms with van der Waals surface area (Å²) in [5.74, 6) is 0. The summed E-state index contributed by atoms with van der Waals surface area (Å²) >= 11 is 3.66. The van der Waals surface area contributed by atoms with E-state index in [9.17, 15) is 8.42 Å². The molecule has 0 atom stereocenters. The van der Waals surface area contributed by atoms with E-state index in [-0.39, 0.29) is 0 Å². The van der Waals surface area contributed by atoms with Crippen molar-refractivity contribution in [3.8, 4) is 16.8 Å². The van der Waals surface area contributed by atoms with E-state index in [1.807, 2.05) is 42.5 Å². The van der Waals surface area contributed by atoms with Gasteiger partial charge in [0, 0.05) is 27.2 Å². The van der Waals surface area contributed by atoms with Gasteiger partial charge in [-0.15, -0.1) is 0 Å². The molecular formula is C25H18BrNO2S. The molecule has 0 radical (unpaired) electrons. The zero-order chi connectivity index (χ0) is 20.9. The summed E-state index contributed by atoms with van der Waals surface area (Å²) in [7, 11) is -3.23. The van der Waals surface area contributed by atoms with Crippen molar-refractivity contribution in [2.45, 2.75) is 4.90 Å². The summed E-state index contributed by atoms with van der Waals surface area (Å²) in [5, 5.41) is 2.32. The van der Waals surface area contributed by atoms with Crippen molar-refractivity contribution >= 4 is 47.6 Å². The number of halogens is 1. The summed E-state index contributed by atoms with van der Waals surface area (Å²) in [6.45, 7) is 0. The molecule has 1 aromatic heterocycles. The van der Waals surface area contributed by atoms with Crippen LogP contribution in [-0.2, 0) is 9.84 Å². The predicted octanol–water partition coefficient (Wildman–Crippen LogP) is 6.62. The normalized spacial score (nSPS) is 11.9. The fourth-order valence-corrected chi connectivity index (χ4v) is 5.10. The van der Waals surface area contributed by atoms with Crippen LogP contribution in [0.15, 0.2) is 100 Å². The molecule has 0 saturated carbocycles. The first-order valence-electron chi connectivity index (χ1n) is 9.52. The molecule has 5 heteroatoms. The van der Waals surface area contributed by atoms with E-state index in [1.54, 1.807) is 12.1 Å². The molecule has 0 bridgehead atoms. The Morgan fingerprint density at radius 3 is 2.13 bits per heavy atom. The van der Waals surface area contributed by atoms with Gasteiger partial charge in [-0.25, -0.2) is 8.42 Å². The van der Waals surface area contributed by atoms with E-state index < -0.39 is 9.84 Å². The topological polar surface area (TPSA) is 39.1 Å². The lowest BCUT2D eigenvalue weighted by molar-refractivity contribution is 0.602. The largest absolute Gasteiger partial charge is 0.309 e. The molecule has 0 spiro atoms. The van der Waals surface area contributed by atoms with Gasteiger partial charge in [-0.3, -0.25) is 0 Å². The molecule has 0 unspecified atom stereocenters. The van der Waals surface area contributed by atoms with Crippen molar-refractivity contribution in [2.24, 2.45) is 0 Å². The molecule has 148 valence electrons. The Hall–Kier alpha value is -2.89. The lowest BCUT2D eigenvalue weighted by Crippen LogP contribution is -1.98. The monoisotopic (exact) mass is 475 g/mol. The number of benzene rings is 4. The average molecular weight is 476 g/mol. The predicted molar refractivity (Wildman–Crippen MR) is 127 cm³/mol. The van der Waals surface area contributed by atoms with Crippen LogP contribution in [0.1, 0.15) is 0 Å². The smallest absolute Gasteiger partial charge is 0.175 e. The Bertz CT molecular complexity index is 1520. The van der Waals surface area contributed by atoms with E-state index >= 15 is 0 Å². The summed E-state index contributed by atoms with van der Waals surface area (Å²) in [6, 6.07) is 30.0. The maximum atomic E-state index is 11.8. The van der Waals surface area contributed by atoms with Crippen LogP contribution in [-0.4, -0.2) is 19.2 Å². The number of rotatable bonds is 3. The number of para-hydroxylation sites is 1. The quantitative estimate of drug-likeness (QED) is 0.294. The molecule has 1 heterocycles. The van der Waals surface area contributed by atoms with Crippen LogP contribution < -0.4 is 0 Å². The van der Waals surface area contributed by atoms with Crippen LogP contribution in [0.5, 0.6) is 0 Å². The standard InChI is InChI=1S/C25H18BrNO2S/c1-30(28,29)19-13-11-18(12-14-19)27-24-9-5-3-7-21(24)22-16-17(10-15-25(22)27)20-6-2-4-8-23(20)26/h2-16H,1H3. The maximum Gasteiger partial charge on any atom is 0.175 e. The minimum atomic E-state index is -3.23. The van der Waals surface area contributed by atoms with E-state index in [0.29, 0.717) is 4.90 Å². The third-order valence-electron chi connectivity index (χ3n) is 5.38. The molecule has 4 aromatic carbocycles. The van der Waals surface area contributed by atoms with Crippen molar-refractivity contribution in [1.29, 1.82) is 0 Å².